The van der Waals surface area contributed by atoms with Gasteiger partial charge in [-0.05, 0) is 57.8 Å². The Balaban J connectivity index is 1.94. The van der Waals surface area contributed by atoms with Crippen LogP contribution in [0.25, 0.3) is 0 Å². The quantitative estimate of drug-likeness (QED) is 0.758. The van der Waals surface area contributed by atoms with Gasteiger partial charge in [0, 0.05) is 13.1 Å². The van der Waals surface area contributed by atoms with Crippen molar-refractivity contribution < 1.29 is 17.6 Å². The predicted octanol–water partition coefficient (Wildman–Crippen LogP) is 1.34. The average molecular weight is 371 g/mol. The molecule has 1 fully saturated rings. The summed E-state index contributed by atoms with van der Waals surface area (Å²) in [4.78, 5) is 13.7. The molecule has 1 unspecified atom stereocenters. The van der Waals surface area contributed by atoms with Crippen molar-refractivity contribution in [3.05, 3.63) is 30.1 Å². The van der Waals surface area contributed by atoms with Crippen LogP contribution < -0.4 is 10.0 Å². The summed E-state index contributed by atoms with van der Waals surface area (Å²) in [6, 6.07) is 4.19. The van der Waals surface area contributed by atoms with Crippen LogP contribution in [0, 0.1) is 11.7 Å². The molecule has 0 aromatic heterocycles. The summed E-state index contributed by atoms with van der Waals surface area (Å²) in [6.45, 7) is 3.70. The topological polar surface area (TPSA) is 78.5 Å². The van der Waals surface area contributed by atoms with Gasteiger partial charge in [0.2, 0.25) is 15.9 Å². The van der Waals surface area contributed by atoms with Crippen molar-refractivity contribution in [2.45, 2.75) is 37.1 Å². The lowest BCUT2D eigenvalue weighted by Crippen LogP contribution is -2.49. The maximum Gasteiger partial charge on any atom is 0.244 e. The number of piperidine rings is 1. The van der Waals surface area contributed by atoms with E-state index in [4.69, 9.17) is 0 Å². The second kappa shape index (κ2) is 8.73. The molecule has 0 spiro atoms. The third-order valence-electron chi connectivity index (χ3n) is 4.56. The number of carbonyl (C=O) groups is 1. The van der Waals surface area contributed by atoms with Crippen LogP contribution in [-0.2, 0) is 14.8 Å². The molecule has 2 N–H and O–H groups in total. The summed E-state index contributed by atoms with van der Waals surface area (Å²) in [6.07, 6.45) is 2.91. The van der Waals surface area contributed by atoms with Gasteiger partial charge in [-0.3, -0.25) is 4.79 Å². The Hall–Kier alpha value is -1.51. The molecule has 0 aliphatic carbocycles. The Morgan fingerprint density at radius 2 is 1.96 bits per heavy atom. The van der Waals surface area contributed by atoms with Gasteiger partial charge in [-0.15, -0.1) is 0 Å². The van der Waals surface area contributed by atoms with Crippen molar-refractivity contribution in [1.82, 2.24) is 14.9 Å². The minimum Gasteiger partial charge on any atom is -0.341 e. The predicted molar refractivity (Wildman–Crippen MR) is 94.0 cm³/mol. The first-order chi connectivity index (χ1) is 11.8. The molecular formula is C17H26FN3O3S. The van der Waals surface area contributed by atoms with Crippen LogP contribution in [0.5, 0.6) is 0 Å². The molecule has 1 saturated heterocycles. The van der Waals surface area contributed by atoms with E-state index in [1.807, 2.05) is 7.05 Å². The summed E-state index contributed by atoms with van der Waals surface area (Å²) in [5, 5.41) is 3.13. The number of carbonyl (C=O) groups excluding carboxylic acids is 1. The normalized spacial score (nSPS) is 17.5. The van der Waals surface area contributed by atoms with E-state index in [9.17, 15) is 17.6 Å². The summed E-state index contributed by atoms with van der Waals surface area (Å²) >= 11 is 0. The van der Waals surface area contributed by atoms with Crippen LogP contribution in [0.4, 0.5) is 4.39 Å². The van der Waals surface area contributed by atoms with Gasteiger partial charge in [-0.25, -0.2) is 12.8 Å². The van der Waals surface area contributed by atoms with E-state index in [0.717, 1.165) is 31.9 Å². The SMILES string of the molecule is CNCCC1CCN(C(=O)C(C)NS(=O)(=O)c2ccccc2F)CC1. The summed E-state index contributed by atoms with van der Waals surface area (Å²) < 4.78 is 40.6. The van der Waals surface area contributed by atoms with Crippen molar-refractivity contribution in [2.75, 3.05) is 26.7 Å². The van der Waals surface area contributed by atoms with Crippen LogP contribution in [0.1, 0.15) is 26.2 Å². The van der Waals surface area contributed by atoms with Gasteiger partial charge in [0.1, 0.15) is 10.7 Å². The molecule has 1 atom stereocenters. The lowest BCUT2D eigenvalue weighted by Gasteiger charge is -2.33. The molecule has 1 aliphatic heterocycles. The lowest BCUT2D eigenvalue weighted by molar-refractivity contribution is -0.134. The van der Waals surface area contributed by atoms with E-state index in [-0.39, 0.29) is 5.91 Å². The fourth-order valence-corrected chi connectivity index (χ4v) is 4.35. The highest BCUT2D eigenvalue weighted by atomic mass is 32.2. The van der Waals surface area contributed by atoms with Crippen molar-refractivity contribution in [2.24, 2.45) is 5.92 Å². The first kappa shape index (κ1) is 19.8. The third kappa shape index (κ3) is 5.23. The van der Waals surface area contributed by atoms with Crippen LogP contribution >= 0.6 is 0 Å². The molecule has 1 heterocycles. The van der Waals surface area contributed by atoms with Gasteiger partial charge in [-0.1, -0.05) is 12.1 Å². The van der Waals surface area contributed by atoms with E-state index in [1.54, 1.807) is 4.90 Å². The summed E-state index contributed by atoms with van der Waals surface area (Å²) in [7, 11) is -2.16. The first-order valence-corrected chi connectivity index (χ1v) is 10.0. The zero-order chi connectivity index (χ0) is 18.4. The van der Waals surface area contributed by atoms with Crippen LogP contribution in [0.15, 0.2) is 29.2 Å². The maximum absolute atomic E-state index is 13.7. The van der Waals surface area contributed by atoms with E-state index >= 15 is 0 Å². The number of likely N-dealkylation sites (tertiary alicyclic amines) is 1. The molecule has 8 heteroatoms. The molecule has 1 aliphatic rings. The number of hydrogen-bond acceptors (Lipinski definition) is 4. The molecule has 0 bridgehead atoms. The van der Waals surface area contributed by atoms with E-state index in [1.165, 1.54) is 25.1 Å². The van der Waals surface area contributed by atoms with Crippen molar-refractivity contribution >= 4 is 15.9 Å². The number of benzene rings is 1. The zero-order valence-corrected chi connectivity index (χ0v) is 15.5. The largest absolute Gasteiger partial charge is 0.341 e. The fourth-order valence-electron chi connectivity index (χ4n) is 3.07. The highest BCUT2D eigenvalue weighted by Gasteiger charge is 2.29. The maximum atomic E-state index is 13.7. The number of nitrogens with zero attached hydrogens (tertiary/aromatic N) is 1. The number of rotatable bonds is 7. The molecule has 1 aromatic rings. The fraction of sp³-hybridized carbons (Fsp3) is 0.588. The van der Waals surface area contributed by atoms with E-state index in [2.05, 4.69) is 10.0 Å². The summed E-state index contributed by atoms with van der Waals surface area (Å²) in [5.74, 6) is -0.520. The second-order valence-electron chi connectivity index (χ2n) is 6.43. The molecule has 2 rings (SSSR count). The van der Waals surface area contributed by atoms with Crippen molar-refractivity contribution in [3.8, 4) is 0 Å². The molecule has 6 nitrogen and oxygen atoms in total. The van der Waals surface area contributed by atoms with Crippen LogP contribution in [0.3, 0.4) is 0 Å². The van der Waals surface area contributed by atoms with Gasteiger partial charge in [0.25, 0.3) is 0 Å². The number of sulfonamides is 1. The van der Waals surface area contributed by atoms with Crippen LogP contribution in [0.2, 0.25) is 0 Å². The Kier molecular flexibility index (Phi) is 6.92. The van der Waals surface area contributed by atoms with E-state index < -0.39 is 26.8 Å². The molecule has 1 aromatic carbocycles. The van der Waals surface area contributed by atoms with Gasteiger partial charge < -0.3 is 10.2 Å². The smallest absolute Gasteiger partial charge is 0.244 e. The highest BCUT2D eigenvalue weighted by molar-refractivity contribution is 7.89. The summed E-state index contributed by atoms with van der Waals surface area (Å²) in [5.41, 5.74) is 0. The Bertz CT molecular complexity index is 688. The molecule has 0 saturated carbocycles. The van der Waals surface area contributed by atoms with Crippen molar-refractivity contribution in [3.63, 3.8) is 0 Å². The number of nitrogens with one attached hydrogen (secondary N) is 2. The zero-order valence-electron chi connectivity index (χ0n) is 14.7. The molecular weight excluding hydrogens is 345 g/mol. The standard InChI is InChI=1S/C17H26FN3O3S/c1-13(20-25(23,24)16-6-4-3-5-15(16)18)17(22)21-11-8-14(9-12-21)7-10-19-2/h3-6,13-14,19-20H,7-12H2,1-2H3. The highest BCUT2D eigenvalue weighted by Crippen LogP contribution is 2.21. The van der Waals surface area contributed by atoms with Gasteiger partial charge in [0.05, 0.1) is 6.04 Å². The Morgan fingerprint density at radius 1 is 1.32 bits per heavy atom. The van der Waals surface area contributed by atoms with Crippen molar-refractivity contribution in [1.29, 1.82) is 0 Å². The van der Waals surface area contributed by atoms with E-state index in [0.29, 0.717) is 19.0 Å². The molecule has 140 valence electrons. The Morgan fingerprint density at radius 3 is 2.56 bits per heavy atom. The van der Waals surface area contributed by atoms with Gasteiger partial charge >= 0.3 is 0 Å². The minimum absolute atomic E-state index is 0.271. The minimum atomic E-state index is -4.08. The lowest BCUT2D eigenvalue weighted by atomic mass is 9.93. The number of amides is 1. The molecule has 25 heavy (non-hydrogen) atoms. The molecule has 0 radical (unpaired) electrons. The van der Waals surface area contributed by atoms with Gasteiger partial charge in [-0.2, -0.15) is 4.72 Å². The average Bonchev–Trinajstić information content (AvgIpc) is 2.59. The van der Waals surface area contributed by atoms with Crippen LogP contribution in [-0.4, -0.2) is 51.9 Å². The molecule has 1 amide bonds. The number of halogens is 1. The second-order valence-corrected chi connectivity index (χ2v) is 8.12. The Labute approximate surface area is 148 Å². The third-order valence-corrected chi connectivity index (χ3v) is 6.13. The first-order valence-electron chi connectivity index (χ1n) is 8.55. The van der Waals surface area contributed by atoms with Gasteiger partial charge in [0.15, 0.2) is 0 Å². The monoisotopic (exact) mass is 371 g/mol. The number of hydrogen-bond donors (Lipinski definition) is 2.